The molecule has 266 valence electrons. The van der Waals surface area contributed by atoms with Crippen LogP contribution in [0, 0.1) is 5.92 Å². The number of piperazine rings is 1. The first-order chi connectivity index (χ1) is 23.8. The lowest BCUT2D eigenvalue weighted by Crippen LogP contribution is -2.52. The number of nitrogens with zero attached hydrogens (tertiary/aromatic N) is 8. The first-order valence-electron chi connectivity index (χ1n) is 15.9. The number of alkyl halides is 3. The van der Waals surface area contributed by atoms with Gasteiger partial charge in [0.1, 0.15) is 0 Å². The molecule has 0 spiro atoms. The lowest BCUT2D eigenvalue weighted by molar-refractivity contribution is -0.141. The standard InChI is InChI=1S/C32H36ClF3N10O4/c1-42-8-6-19(7-9-42)30(48)44-10-12-45(13-11-44)31(49)22-5-4-21(14-24(22)33)39-29(47)28-37-16-25(43(28)2)23-17-46(41-26(23)32(34,35)36)27-20(18-50-3)15-38-40-27/h4-5,14-17,19H,6-13,18H2,1-3H3,(H,38,40)(H,39,47). The number of carbonyl (C=O) groups is 3. The smallest absolute Gasteiger partial charge is 0.380 e. The van der Waals surface area contributed by atoms with Gasteiger partial charge >= 0.3 is 6.18 Å². The number of aromatic amines is 1. The molecule has 2 fully saturated rings. The maximum Gasteiger partial charge on any atom is 0.435 e. The van der Waals surface area contributed by atoms with E-state index >= 15 is 0 Å². The summed E-state index contributed by atoms with van der Waals surface area (Å²) in [6.45, 7) is 3.51. The molecule has 2 aliphatic heterocycles. The van der Waals surface area contributed by atoms with Crippen molar-refractivity contribution in [2.24, 2.45) is 13.0 Å². The maximum absolute atomic E-state index is 14.1. The molecule has 2 N–H and O–H groups in total. The SMILES string of the molecule is COCc1c[nH]nc1-n1cc(-c2cnc(C(=O)Nc3ccc(C(=O)N4CCN(C(=O)C5CCN(C)CC5)CC4)c(Cl)c3)n2C)c(C(F)(F)F)n1. The normalized spacial score (nSPS) is 16.2. The Balaban J connectivity index is 1.12. The van der Waals surface area contributed by atoms with Crippen molar-refractivity contribution in [3.05, 3.63) is 64.5 Å². The number of anilines is 1. The summed E-state index contributed by atoms with van der Waals surface area (Å²) in [7, 11) is 4.91. The average Bonchev–Trinajstić information content (AvgIpc) is 3.83. The minimum Gasteiger partial charge on any atom is -0.380 e. The van der Waals surface area contributed by atoms with Gasteiger partial charge in [0.05, 0.1) is 34.6 Å². The molecule has 0 radical (unpaired) electrons. The molecular weight excluding hydrogens is 681 g/mol. The summed E-state index contributed by atoms with van der Waals surface area (Å²) in [6, 6.07) is 4.43. The number of aromatic nitrogens is 6. The highest BCUT2D eigenvalue weighted by Crippen LogP contribution is 2.37. The summed E-state index contributed by atoms with van der Waals surface area (Å²) >= 11 is 6.50. The van der Waals surface area contributed by atoms with Crippen molar-refractivity contribution in [2.45, 2.75) is 25.6 Å². The number of nitrogens with one attached hydrogen (secondary N) is 2. The van der Waals surface area contributed by atoms with E-state index in [1.165, 1.54) is 49.3 Å². The second-order valence-corrected chi connectivity index (χ2v) is 12.8. The number of halogens is 4. The number of hydrogen-bond acceptors (Lipinski definition) is 8. The molecule has 5 heterocycles. The lowest BCUT2D eigenvalue weighted by atomic mass is 9.95. The minimum absolute atomic E-state index is 0.00956. The van der Waals surface area contributed by atoms with E-state index in [-0.39, 0.29) is 63.5 Å². The van der Waals surface area contributed by atoms with Crippen LogP contribution in [-0.2, 0) is 29.4 Å². The van der Waals surface area contributed by atoms with Crippen molar-refractivity contribution in [2.75, 3.05) is 58.7 Å². The molecule has 3 aromatic heterocycles. The van der Waals surface area contributed by atoms with Crippen molar-refractivity contribution in [3.63, 3.8) is 0 Å². The maximum atomic E-state index is 14.1. The zero-order valence-electron chi connectivity index (χ0n) is 27.6. The Labute approximate surface area is 290 Å². The topological polar surface area (TPSA) is 147 Å². The number of ether oxygens (including phenoxy) is 1. The van der Waals surface area contributed by atoms with E-state index in [2.05, 4.69) is 30.5 Å². The molecule has 0 bridgehead atoms. The van der Waals surface area contributed by atoms with E-state index < -0.39 is 17.8 Å². The second-order valence-electron chi connectivity index (χ2n) is 12.4. The molecule has 0 unspecified atom stereocenters. The number of rotatable bonds is 8. The van der Waals surface area contributed by atoms with Crippen LogP contribution in [0.3, 0.4) is 0 Å². The third kappa shape index (κ3) is 7.11. The summed E-state index contributed by atoms with van der Waals surface area (Å²) in [4.78, 5) is 49.4. The highest BCUT2D eigenvalue weighted by atomic mass is 35.5. The van der Waals surface area contributed by atoms with Crippen molar-refractivity contribution >= 4 is 35.0 Å². The van der Waals surface area contributed by atoms with E-state index in [1.54, 1.807) is 4.90 Å². The summed E-state index contributed by atoms with van der Waals surface area (Å²) in [5, 5.41) is 13.1. The predicted molar refractivity (Wildman–Crippen MR) is 176 cm³/mol. The van der Waals surface area contributed by atoms with E-state index in [1.807, 2.05) is 11.9 Å². The van der Waals surface area contributed by atoms with Gasteiger partial charge in [-0.3, -0.25) is 19.5 Å². The summed E-state index contributed by atoms with van der Waals surface area (Å²) in [5.74, 6) is -0.896. The molecule has 4 aromatic rings. The first kappa shape index (κ1) is 35.1. The molecule has 2 aliphatic rings. The fraction of sp³-hybridized carbons (Fsp3) is 0.438. The van der Waals surface area contributed by atoms with E-state index in [0.717, 1.165) is 36.8 Å². The Kier molecular flexibility index (Phi) is 10.00. The van der Waals surface area contributed by atoms with Crippen LogP contribution in [0.15, 0.2) is 36.8 Å². The zero-order chi connectivity index (χ0) is 35.7. The Bertz CT molecular complexity index is 1890. The number of benzene rings is 1. The van der Waals surface area contributed by atoms with Crippen LogP contribution in [-0.4, -0.2) is 115 Å². The Morgan fingerprint density at radius 1 is 1.06 bits per heavy atom. The summed E-state index contributed by atoms with van der Waals surface area (Å²) in [5.41, 5.74) is -0.523. The Morgan fingerprint density at radius 3 is 2.42 bits per heavy atom. The van der Waals surface area contributed by atoms with Crippen LogP contribution < -0.4 is 5.32 Å². The van der Waals surface area contributed by atoms with Crippen LogP contribution in [0.2, 0.25) is 5.02 Å². The van der Waals surface area contributed by atoms with E-state index in [4.69, 9.17) is 16.3 Å². The van der Waals surface area contributed by atoms with Crippen molar-refractivity contribution < 1.29 is 32.3 Å². The third-order valence-corrected chi connectivity index (χ3v) is 9.38. The molecule has 1 aromatic carbocycles. The van der Waals surface area contributed by atoms with Crippen molar-refractivity contribution in [3.8, 4) is 17.1 Å². The monoisotopic (exact) mass is 716 g/mol. The minimum atomic E-state index is -4.82. The summed E-state index contributed by atoms with van der Waals surface area (Å²) in [6.07, 6.45) is 0.667. The van der Waals surface area contributed by atoms with Crippen LogP contribution >= 0.6 is 11.6 Å². The first-order valence-corrected chi connectivity index (χ1v) is 16.3. The molecule has 3 amide bonds. The number of imidazole rings is 1. The largest absolute Gasteiger partial charge is 0.435 e. The van der Waals surface area contributed by atoms with Gasteiger partial charge < -0.3 is 29.3 Å². The van der Waals surface area contributed by atoms with Gasteiger partial charge in [0.15, 0.2) is 17.3 Å². The lowest BCUT2D eigenvalue weighted by Gasteiger charge is -2.38. The van der Waals surface area contributed by atoms with Crippen LogP contribution in [0.25, 0.3) is 17.1 Å². The van der Waals surface area contributed by atoms with Gasteiger partial charge in [0.2, 0.25) is 5.91 Å². The molecular formula is C32H36ClF3N10O4. The molecule has 0 saturated carbocycles. The molecule has 50 heavy (non-hydrogen) atoms. The van der Waals surface area contributed by atoms with Gasteiger partial charge in [-0.25, -0.2) is 9.67 Å². The number of H-pyrrole nitrogens is 1. The molecule has 14 nitrogen and oxygen atoms in total. The average molecular weight is 717 g/mol. The van der Waals surface area contributed by atoms with Crippen LogP contribution in [0.4, 0.5) is 18.9 Å². The van der Waals surface area contributed by atoms with Crippen molar-refractivity contribution in [1.82, 2.24) is 44.2 Å². The second kappa shape index (κ2) is 14.2. The Morgan fingerprint density at radius 2 is 1.76 bits per heavy atom. The van der Waals surface area contributed by atoms with Gasteiger partial charge in [-0.05, 0) is 51.2 Å². The summed E-state index contributed by atoms with van der Waals surface area (Å²) < 4.78 is 49.6. The van der Waals surface area contributed by atoms with E-state index in [9.17, 15) is 27.6 Å². The fourth-order valence-corrected chi connectivity index (χ4v) is 6.55. The molecule has 6 rings (SSSR count). The predicted octanol–water partition coefficient (Wildman–Crippen LogP) is 3.69. The molecule has 0 aliphatic carbocycles. The zero-order valence-corrected chi connectivity index (χ0v) is 28.4. The highest BCUT2D eigenvalue weighted by Gasteiger charge is 2.39. The van der Waals surface area contributed by atoms with Crippen LogP contribution in [0.5, 0.6) is 0 Å². The van der Waals surface area contributed by atoms with Crippen molar-refractivity contribution in [1.29, 1.82) is 0 Å². The van der Waals surface area contributed by atoms with Crippen LogP contribution in [0.1, 0.15) is 45.1 Å². The van der Waals surface area contributed by atoms with Gasteiger partial charge in [0.25, 0.3) is 11.8 Å². The quantitative estimate of drug-likeness (QED) is 0.281. The molecule has 18 heteroatoms. The van der Waals surface area contributed by atoms with Gasteiger partial charge in [-0.15, -0.1) is 0 Å². The molecule has 2 saturated heterocycles. The number of piperidine rings is 1. The fourth-order valence-electron chi connectivity index (χ4n) is 6.29. The Hall–Kier alpha value is -4.74. The van der Waals surface area contributed by atoms with E-state index in [0.29, 0.717) is 31.7 Å². The number of methoxy groups -OCH3 is 1. The van der Waals surface area contributed by atoms with Gasteiger partial charge in [0, 0.05) is 69.9 Å². The van der Waals surface area contributed by atoms with Gasteiger partial charge in [-0.2, -0.15) is 23.4 Å². The number of likely N-dealkylation sites (tertiary alicyclic amines) is 1. The number of hydrogen-bond donors (Lipinski definition) is 2. The third-order valence-electron chi connectivity index (χ3n) is 9.07. The highest BCUT2D eigenvalue weighted by molar-refractivity contribution is 6.34. The van der Waals surface area contributed by atoms with Gasteiger partial charge in [-0.1, -0.05) is 11.6 Å². The molecule has 0 atom stereocenters. The number of amides is 3. The number of carbonyl (C=O) groups excluding carboxylic acids is 3.